The first-order chi connectivity index (χ1) is 19.1. The quantitative estimate of drug-likeness (QED) is 0.298. The molecule has 4 heterocycles. The molecule has 1 aromatic carbocycles. The van der Waals surface area contributed by atoms with Crippen molar-refractivity contribution in [1.82, 2.24) is 19.9 Å². The molecule has 0 aliphatic carbocycles. The summed E-state index contributed by atoms with van der Waals surface area (Å²) in [5.74, 6) is 5.67. The van der Waals surface area contributed by atoms with Crippen LogP contribution in [0.2, 0.25) is 0 Å². The van der Waals surface area contributed by atoms with Gasteiger partial charge in [0.2, 0.25) is 0 Å². The number of aromatic amines is 1. The van der Waals surface area contributed by atoms with Gasteiger partial charge in [-0.2, -0.15) is 0 Å². The Morgan fingerprint density at radius 1 is 1.08 bits per heavy atom. The number of nitrogens with zero attached hydrogens (tertiary/aromatic N) is 4. The monoisotopic (exact) mass is 545 g/mol. The lowest BCUT2D eigenvalue weighted by molar-refractivity contribution is -0.111. The molecule has 10 nitrogen and oxygen atoms in total. The first-order valence-corrected chi connectivity index (χ1v) is 14.0. The summed E-state index contributed by atoms with van der Waals surface area (Å²) in [6.45, 7) is 8.57. The number of nitrogens with one attached hydrogen (secondary N) is 3. The van der Waals surface area contributed by atoms with Gasteiger partial charge in [0, 0.05) is 24.5 Å². The van der Waals surface area contributed by atoms with E-state index in [9.17, 15) is 9.00 Å². The molecule has 1 aliphatic rings. The lowest BCUT2D eigenvalue weighted by atomic mass is 10.1. The highest BCUT2D eigenvalue weighted by atomic mass is 32.2. The number of rotatable bonds is 7. The van der Waals surface area contributed by atoms with Gasteiger partial charge in [0.1, 0.15) is 28.8 Å². The van der Waals surface area contributed by atoms with Crippen LogP contribution in [0, 0.1) is 11.8 Å². The summed E-state index contributed by atoms with van der Waals surface area (Å²) < 4.78 is 21.1. The Bertz CT molecular complexity index is 1490. The number of amides is 1. The van der Waals surface area contributed by atoms with Gasteiger partial charge in [-0.1, -0.05) is 31.9 Å². The third kappa shape index (κ3) is 7.19. The number of H-pyrrole nitrogens is 1. The second-order valence-corrected chi connectivity index (χ2v) is 9.46. The van der Waals surface area contributed by atoms with E-state index in [1.165, 1.54) is 6.20 Å². The number of hydrogen-bond donors (Lipinski definition) is 3. The highest BCUT2D eigenvalue weighted by Crippen LogP contribution is 2.29. The minimum atomic E-state index is -1.38. The predicted octanol–water partition coefficient (Wildman–Crippen LogP) is 4.12. The van der Waals surface area contributed by atoms with E-state index in [-0.39, 0.29) is 5.75 Å². The standard InChI is InChI=1S/C26H25N7O3S.C2H6/c1-2-3-24(34)30-20-8-9-21(27-15-20)16-37(35)32-19-6-4-18(5-7-19)23-14-22-25(31-23)28-17-29-26(22)33-10-12-36-13-11-33;1-2/h4-9,14-15,17,32H,10-13,16H2,1H3,(H,30,34)(H,28,29,31);1-2H3. The summed E-state index contributed by atoms with van der Waals surface area (Å²) >= 11 is 0. The molecule has 202 valence electrons. The third-order valence-electron chi connectivity index (χ3n) is 5.74. The number of hydrogen-bond acceptors (Lipinski definition) is 7. The molecule has 1 aliphatic heterocycles. The molecule has 3 N–H and O–H groups in total. The Morgan fingerprint density at radius 3 is 2.51 bits per heavy atom. The molecule has 1 unspecified atom stereocenters. The molecule has 0 saturated carbocycles. The normalized spacial score (nSPS) is 13.5. The second-order valence-electron chi connectivity index (χ2n) is 8.28. The molecule has 3 aromatic heterocycles. The fraction of sp³-hybridized carbons (Fsp3) is 0.286. The summed E-state index contributed by atoms with van der Waals surface area (Å²) in [4.78, 5) is 30.3. The zero-order chi connectivity index (χ0) is 27.6. The number of ether oxygens (including phenoxy) is 1. The van der Waals surface area contributed by atoms with E-state index in [2.05, 4.69) is 52.8 Å². The maximum Gasteiger partial charge on any atom is 0.300 e. The van der Waals surface area contributed by atoms with Crippen LogP contribution in [0.25, 0.3) is 22.3 Å². The molecule has 0 radical (unpaired) electrons. The van der Waals surface area contributed by atoms with Gasteiger partial charge >= 0.3 is 0 Å². The zero-order valence-corrected chi connectivity index (χ0v) is 23.0. The van der Waals surface area contributed by atoms with Gasteiger partial charge in [-0.05, 0) is 48.7 Å². The number of carbonyl (C=O) groups is 1. The predicted molar refractivity (Wildman–Crippen MR) is 155 cm³/mol. The van der Waals surface area contributed by atoms with Crippen molar-refractivity contribution in [1.29, 1.82) is 0 Å². The summed E-state index contributed by atoms with van der Waals surface area (Å²) in [6, 6.07) is 13.2. The Hall–Kier alpha value is -4.27. The molecular weight excluding hydrogens is 514 g/mol. The fourth-order valence-corrected chi connectivity index (χ4v) is 4.90. The molecule has 1 amide bonds. The minimum Gasteiger partial charge on any atom is -0.378 e. The second kappa shape index (κ2) is 13.5. The Morgan fingerprint density at radius 2 is 1.82 bits per heavy atom. The van der Waals surface area contributed by atoms with Crippen LogP contribution in [-0.2, 0) is 26.3 Å². The van der Waals surface area contributed by atoms with Crippen LogP contribution < -0.4 is 14.9 Å². The molecule has 5 rings (SSSR count). The Balaban J connectivity index is 0.00000172. The number of pyridine rings is 1. The van der Waals surface area contributed by atoms with Crippen molar-refractivity contribution < 1.29 is 13.7 Å². The molecular formula is C28H31N7O3S. The van der Waals surface area contributed by atoms with Gasteiger partial charge < -0.3 is 24.7 Å². The lowest BCUT2D eigenvalue weighted by Crippen LogP contribution is -2.36. The van der Waals surface area contributed by atoms with Crippen molar-refractivity contribution in [2.45, 2.75) is 26.5 Å². The maximum absolute atomic E-state index is 12.6. The SMILES string of the molecule is CC.CC#CC(=O)Nc1ccc(CS(=O)Nc2ccc(-c3cc4c(N5CCOCC5)ncnc4[nH]3)cc2)nc1. The topological polar surface area (TPSA) is 125 Å². The molecule has 1 fully saturated rings. The Labute approximate surface area is 230 Å². The maximum atomic E-state index is 12.6. The van der Waals surface area contributed by atoms with Crippen LogP contribution in [-0.4, -0.2) is 56.4 Å². The van der Waals surface area contributed by atoms with Crippen LogP contribution >= 0.6 is 0 Å². The van der Waals surface area contributed by atoms with Crippen molar-refractivity contribution in [2.75, 3.05) is 41.2 Å². The first-order valence-electron chi connectivity index (χ1n) is 12.7. The smallest absolute Gasteiger partial charge is 0.300 e. The molecule has 1 atom stereocenters. The van der Waals surface area contributed by atoms with E-state index in [1.54, 1.807) is 25.4 Å². The molecule has 11 heteroatoms. The van der Waals surface area contributed by atoms with Gasteiger partial charge in [0.05, 0.1) is 41.9 Å². The van der Waals surface area contributed by atoms with E-state index in [0.29, 0.717) is 24.6 Å². The van der Waals surface area contributed by atoms with Gasteiger partial charge in [0.15, 0.2) is 0 Å². The number of fused-ring (bicyclic) bond motifs is 1. The highest BCUT2D eigenvalue weighted by molar-refractivity contribution is 7.85. The number of carbonyl (C=O) groups excluding carboxylic acids is 1. The average Bonchev–Trinajstić information content (AvgIpc) is 3.41. The van der Waals surface area contributed by atoms with Crippen LogP contribution in [0.15, 0.2) is 55.0 Å². The largest absolute Gasteiger partial charge is 0.378 e. The van der Waals surface area contributed by atoms with E-state index in [0.717, 1.165) is 46.9 Å². The number of anilines is 3. The Kier molecular flexibility index (Phi) is 9.61. The number of benzene rings is 1. The summed E-state index contributed by atoms with van der Waals surface area (Å²) in [7, 11) is -1.38. The van der Waals surface area contributed by atoms with E-state index >= 15 is 0 Å². The van der Waals surface area contributed by atoms with Gasteiger partial charge in [-0.25, -0.2) is 14.2 Å². The van der Waals surface area contributed by atoms with Gasteiger partial charge in [-0.15, -0.1) is 0 Å². The molecule has 1 saturated heterocycles. The van der Waals surface area contributed by atoms with Crippen LogP contribution in [0.5, 0.6) is 0 Å². The van der Waals surface area contributed by atoms with Crippen LogP contribution in [0.3, 0.4) is 0 Å². The molecule has 0 bridgehead atoms. The molecule has 4 aromatic rings. The van der Waals surface area contributed by atoms with E-state index in [4.69, 9.17) is 4.74 Å². The molecule has 39 heavy (non-hydrogen) atoms. The van der Waals surface area contributed by atoms with Crippen molar-refractivity contribution >= 4 is 45.1 Å². The van der Waals surface area contributed by atoms with E-state index < -0.39 is 16.9 Å². The van der Waals surface area contributed by atoms with Gasteiger partial charge in [0.25, 0.3) is 5.91 Å². The molecule has 0 spiro atoms. The lowest BCUT2D eigenvalue weighted by Gasteiger charge is -2.27. The zero-order valence-electron chi connectivity index (χ0n) is 22.2. The summed E-state index contributed by atoms with van der Waals surface area (Å²) in [5.41, 5.74) is 4.59. The third-order valence-corrected chi connectivity index (χ3v) is 6.76. The van der Waals surface area contributed by atoms with Crippen molar-refractivity contribution in [2.24, 2.45) is 0 Å². The van der Waals surface area contributed by atoms with E-state index in [1.807, 2.05) is 38.1 Å². The number of aromatic nitrogens is 4. The van der Waals surface area contributed by atoms with Crippen LogP contribution in [0.1, 0.15) is 26.5 Å². The van der Waals surface area contributed by atoms with Crippen LogP contribution in [0.4, 0.5) is 17.2 Å². The van der Waals surface area contributed by atoms with Crippen molar-refractivity contribution in [3.05, 3.63) is 60.7 Å². The summed E-state index contributed by atoms with van der Waals surface area (Å²) in [6.07, 6.45) is 3.10. The first kappa shape index (κ1) is 27.8. The fourth-order valence-electron chi connectivity index (χ4n) is 3.99. The minimum absolute atomic E-state index is 0.218. The highest BCUT2D eigenvalue weighted by Gasteiger charge is 2.17. The van der Waals surface area contributed by atoms with Crippen molar-refractivity contribution in [3.63, 3.8) is 0 Å². The average molecular weight is 546 g/mol. The van der Waals surface area contributed by atoms with Crippen molar-refractivity contribution in [3.8, 4) is 23.1 Å². The number of morpholine rings is 1. The van der Waals surface area contributed by atoms with Gasteiger partial charge in [-0.3, -0.25) is 9.78 Å². The summed E-state index contributed by atoms with van der Waals surface area (Å²) in [5, 5.41) is 3.60.